The molecule has 0 bridgehead atoms. The number of hydrogen-bond acceptors (Lipinski definition) is 7. The third kappa shape index (κ3) is 8.18. The molecule has 0 aromatic carbocycles. The van der Waals surface area contributed by atoms with Crippen molar-refractivity contribution in [3.05, 3.63) is 0 Å². The van der Waals surface area contributed by atoms with Crippen LogP contribution < -0.4 is 22.1 Å². The number of carbonyl (C=O) groups excluding carboxylic acids is 1. The Bertz CT molecular complexity index is 651. The first-order chi connectivity index (χ1) is 15.6. The SMILES string of the molecule is CCC1(C)CCCC(CC#N)CN(C)C(C(C(=O)NC2CNCCC2OC(C)C)C(N)N)C1. The van der Waals surface area contributed by atoms with Gasteiger partial charge in [0.05, 0.1) is 36.4 Å². The van der Waals surface area contributed by atoms with Gasteiger partial charge >= 0.3 is 0 Å². The fourth-order valence-electron chi connectivity index (χ4n) is 5.61. The number of rotatable bonds is 8. The largest absolute Gasteiger partial charge is 0.373 e. The van der Waals surface area contributed by atoms with Crippen molar-refractivity contribution in [2.75, 3.05) is 26.7 Å². The molecule has 190 valence electrons. The van der Waals surface area contributed by atoms with Crippen molar-refractivity contribution in [3.8, 4) is 6.07 Å². The third-order valence-corrected chi connectivity index (χ3v) is 7.77. The summed E-state index contributed by atoms with van der Waals surface area (Å²) < 4.78 is 6.10. The molecule has 2 heterocycles. The van der Waals surface area contributed by atoms with Crippen molar-refractivity contribution in [2.24, 2.45) is 28.7 Å². The van der Waals surface area contributed by atoms with Gasteiger partial charge in [-0.05, 0) is 64.5 Å². The van der Waals surface area contributed by atoms with Crippen LogP contribution in [-0.4, -0.2) is 67.9 Å². The highest BCUT2D eigenvalue weighted by atomic mass is 16.5. The quantitative estimate of drug-likeness (QED) is 0.404. The van der Waals surface area contributed by atoms with E-state index in [4.69, 9.17) is 16.2 Å². The van der Waals surface area contributed by atoms with Gasteiger partial charge in [0, 0.05) is 25.6 Å². The molecule has 0 aromatic rings. The third-order valence-electron chi connectivity index (χ3n) is 7.77. The Morgan fingerprint density at radius 1 is 1.36 bits per heavy atom. The van der Waals surface area contributed by atoms with Gasteiger partial charge in [-0.1, -0.05) is 26.7 Å². The van der Waals surface area contributed by atoms with Crippen LogP contribution in [0.2, 0.25) is 0 Å². The second kappa shape index (κ2) is 13.0. The van der Waals surface area contributed by atoms with Crippen LogP contribution in [0.3, 0.4) is 0 Å². The lowest BCUT2D eigenvalue weighted by Gasteiger charge is -2.42. The number of nitrogens with two attached hydrogens (primary N) is 2. The fraction of sp³-hybridized carbons (Fsp3) is 0.920. The highest BCUT2D eigenvalue weighted by molar-refractivity contribution is 5.80. The molecule has 2 saturated heterocycles. The van der Waals surface area contributed by atoms with E-state index in [9.17, 15) is 10.1 Å². The zero-order valence-electron chi connectivity index (χ0n) is 21.5. The highest BCUT2D eigenvalue weighted by Crippen LogP contribution is 2.39. The molecular formula is C25H48N6O2. The second-order valence-corrected chi connectivity index (χ2v) is 10.9. The van der Waals surface area contributed by atoms with Gasteiger partial charge in [0.25, 0.3) is 0 Å². The topological polar surface area (TPSA) is 129 Å². The van der Waals surface area contributed by atoms with E-state index in [2.05, 4.69) is 42.5 Å². The first kappa shape index (κ1) is 28.0. The Kier molecular flexibility index (Phi) is 11.0. The summed E-state index contributed by atoms with van der Waals surface area (Å²) in [5.41, 5.74) is 12.7. The summed E-state index contributed by atoms with van der Waals surface area (Å²) in [6, 6.07) is 2.15. The molecule has 8 nitrogen and oxygen atoms in total. The minimum absolute atomic E-state index is 0.0240. The van der Waals surface area contributed by atoms with Crippen LogP contribution >= 0.6 is 0 Å². The van der Waals surface area contributed by atoms with Crippen LogP contribution in [0.4, 0.5) is 0 Å². The van der Waals surface area contributed by atoms with Crippen LogP contribution in [0.5, 0.6) is 0 Å². The number of nitrogens with zero attached hydrogens (tertiary/aromatic N) is 2. The van der Waals surface area contributed by atoms with Gasteiger partial charge < -0.3 is 31.7 Å². The average molecular weight is 465 g/mol. The molecule has 0 radical (unpaired) electrons. The Hall–Kier alpha value is -1.24. The summed E-state index contributed by atoms with van der Waals surface area (Å²) in [6.45, 7) is 10.9. The van der Waals surface area contributed by atoms with E-state index < -0.39 is 12.1 Å². The molecule has 2 fully saturated rings. The van der Waals surface area contributed by atoms with Crippen LogP contribution in [-0.2, 0) is 9.53 Å². The van der Waals surface area contributed by atoms with Gasteiger partial charge in [0.2, 0.25) is 5.91 Å². The zero-order chi connectivity index (χ0) is 24.6. The summed E-state index contributed by atoms with van der Waals surface area (Å²) in [6.07, 6.45) is 5.81. The predicted octanol–water partition coefficient (Wildman–Crippen LogP) is 1.94. The van der Waals surface area contributed by atoms with E-state index >= 15 is 0 Å². The standard InChI is InChI=1S/C25H48N6O2/c1-6-25(4)11-7-8-18(9-12-26)16-31(5)20(14-25)22(23(27)28)24(32)30-19-15-29-13-10-21(19)33-17(2)3/h17-23,29H,6-11,13-16,27-28H2,1-5H3,(H,30,32). The number of hydrogen-bond donors (Lipinski definition) is 4. The Balaban J connectivity index is 2.27. The molecule has 6 unspecified atom stereocenters. The number of piperidine rings is 1. The molecule has 1 amide bonds. The average Bonchev–Trinajstić information content (AvgIpc) is 2.79. The number of nitrogens with one attached hydrogen (secondary N) is 2. The predicted molar refractivity (Wildman–Crippen MR) is 132 cm³/mol. The van der Waals surface area contributed by atoms with E-state index in [0.29, 0.717) is 18.9 Å². The number of carbonyl (C=O) groups is 1. The summed E-state index contributed by atoms with van der Waals surface area (Å²) >= 11 is 0. The lowest BCUT2D eigenvalue weighted by Crippen LogP contribution is -2.62. The van der Waals surface area contributed by atoms with Crippen LogP contribution in [0.15, 0.2) is 0 Å². The minimum atomic E-state index is -0.769. The molecule has 0 spiro atoms. The van der Waals surface area contributed by atoms with Crippen molar-refractivity contribution in [2.45, 2.75) is 103 Å². The van der Waals surface area contributed by atoms with Crippen LogP contribution in [0, 0.1) is 28.6 Å². The molecular weight excluding hydrogens is 416 g/mol. The minimum Gasteiger partial charge on any atom is -0.373 e. The summed E-state index contributed by atoms with van der Waals surface area (Å²) in [4.78, 5) is 15.9. The molecule has 8 heteroatoms. The van der Waals surface area contributed by atoms with E-state index in [1.165, 1.54) is 0 Å². The van der Waals surface area contributed by atoms with Crippen LogP contribution in [0.1, 0.15) is 72.6 Å². The molecule has 0 saturated carbocycles. The number of nitriles is 1. The van der Waals surface area contributed by atoms with Gasteiger partial charge in [0.1, 0.15) is 0 Å². The van der Waals surface area contributed by atoms with Crippen molar-refractivity contribution in [1.82, 2.24) is 15.5 Å². The van der Waals surface area contributed by atoms with E-state index in [-0.39, 0.29) is 35.6 Å². The maximum atomic E-state index is 13.7. The maximum Gasteiger partial charge on any atom is 0.227 e. The van der Waals surface area contributed by atoms with Crippen molar-refractivity contribution >= 4 is 5.91 Å². The summed E-state index contributed by atoms with van der Waals surface area (Å²) in [5.74, 6) is -0.337. The molecule has 0 aromatic heterocycles. The van der Waals surface area contributed by atoms with Gasteiger partial charge in [0.15, 0.2) is 0 Å². The van der Waals surface area contributed by atoms with Crippen molar-refractivity contribution < 1.29 is 9.53 Å². The highest BCUT2D eigenvalue weighted by Gasteiger charge is 2.41. The first-order valence-corrected chi connectivity index (χ1v) is 12.8. The lowest BCUT2D eigenvalue weighted by atomic mass is 9.74. The fourth-order valence-corrected chi connectivity index (χ4v) is 5.61. The molecule has 33 heavy (non-hydrogen) atoms. The molecule has 2 aliphatic heterocycles. The van der Waals surface area contributed by atoms with Gasteiger partial charge in [-0.25, -0.2) is 0 Å². The Morgan fingerprint density at radius 3 is 2.70 bits per heavy atom. The monoisotopic (exact) mass is 464 g/mol. The molecule has 0 aliphatic carbocycles. The number of amides is 1. The molecule has 2 aliphatic rings. The van der Waals surface area contributed by atoms with E-state index in [0.717, 1.165) is 51.6 Å². The normalized spacial score (nSPS) is 33.1. The van der Waals surface area contributed by atoms with E-state index in [1.807, 2.05) is 13.8 Å². The Morgan fingerprint density at radius 2 is 2.09 bits per heavy atom. The number of ether oxygens (including phenoxy) is 1. The maximum absolute atomic E-state index is 13.7. The van der Waals surface area contributed by atoms with E-state index in [1.54, 1.807) is 0 Å². The van der Waals surface area contributed by atoms with Crippen molar-refractivity contribution in [3.63, 3.8) is 0 Å². The smallest absolute Gasteiger partial charge is 0.227 e. The summed E-state index contributed by atoms with van der Waals surface area (Å²) in [7, 11) is 2.06. The van der Waals surface area contributed by atoms with Gasteiger partial charge in [-0.15, -0.1) is 0 Å². The molecule has 2 rings (SSSR count). The first-order valence-electron chi connectivity index (χ1n) is 12.8. The lowest BCUT2D eigenvalue weighted by molar-refractivity contribution is -0.131. The second-order valence-electron chi connectivity index (χ2n) is 10.9. The van der Waals surface area contributed by atoms with Gasteiger partial charge in [-0.3, -0.25) is 4.79 Å². The van der Waals surface area contributed by atoms with Crippen molar-refractivity contribution in [1.29, 1.82) is 5.26 Å². The molecule has 6 atom stereocenters. The Labute approximate surface area is 201 Å². The molecule has 6 N–H and O–H groups in total. The van der Waals surface area contributed by atoms with Gasteiger partial charge in [-0.2, -0.15) is 5.26 Å². The summed E-state index contributed by atoms with van der Waals surface area (Å²) in [5, 5.41) is 15.9. The zero-order valence-corrected chi connectivity index (χ0v) is 21.5. The van der Waals surface area contributed by atoms with Crippen LogP contribution in [0.25, 0.3) is 0 Å².